The van der Waals surface area contributed by atoms with E-state index < -0.39 is 11.7 Å². The zero-order chi connectivity index (χ0) is 21.4. The van der Waals surface area contributed by atoms with Gasteiger partial charge in [0.1, 0.15) is 11.5 Å². The number of aromatic nitrogens is 2. The van der Waals surface area contributed by atoms with Crippen LogP contribution in [0.3, 0.4) is 0 Å². The van der Waals surface area contributed by atoms with Crippen molar-refractivity contribution in [1.82, 2.24) is 9.97 Å². The van der Waals surface area contributed by atoms with Gasteiger partial charge < -0.3 is 14.8 Å². The van der Waals surface area contributed by atoms with Crippen LogP contribution >= 0.6 is 0 Å². The smallest absolute Gasteiger partial charge is 0.276 e. The first-order valence-electron chi connectivity index (χ1n) is 9.45. The monoisotopic (exact) mass is 396 g/mol. The summed E-state index contributed by atoms with van der Waals surface area (Å²) in [5, 5.41) is 0. The fourth-order valence-electron chi connectivity index (χ4n) is 2.76. The molecule has 0 saturated carbocycles. The molecule has 3 aromatic rings. The maximum atomic E-state index is 14.0. The Morgan fingerprint density at radius 3 is 2.34 bits per heavy atom. The zero-order valence-corrected chi connectivity index (χ0v) is 17.0. The molecule has 0 unspecified atom stereocenters. The quantitative estimate of drug-likeness (QED) is 0.689. The highest BCUT2D eigenvalue weighted by Crippen LogP contribution is 2.24. The molecule has 0 saturated heterocycles. The number of aromatic amines is 1. The Bertz CT molecular complexity index is 957. The van der Waals surface area contributed by atoms with Crippen molar-refractivity contribution in [2.45, 2.75) is 20.8 Å². The number of hydrogen-bond acceptors (Lipinski definition) is 3. The first-order chi connectivity index (χ1) is 14.0. The minimum Gasteiger partial charge on any atom is -0.341 e. The van der Waals surface area contributed by atoms with Gasteiger partial charge in [0, 0.05) is 25.0 Å². The molecule has 0 bridgehead atoms. The minimum atomic E-state index is -0.566. The number of nitrogens with zero attached hydrogens (tertiary/aromatic N) is 3. The average Bonchev–Trinajstić information content (AvgIpc) is 3.30. The summed E-state index contributed by atoms with van der Waals surface area (Å²) >= 11 is 0. The Morgan fingerprint density at radius 2 is 1.72 bits per heavy atom. The topological polar surface area (TPSA) is 69.3 Å². The Kier molecular flexibility index (Phi) is 7.65. The highest BCUT2D eigenvalue weighted by Gasteiger charge is 2.21. The maximum absolute atomic E-state index is 14.0. The van der Waals surface area contributed by atoms with Crippen molar-refractivity contribution in [3.05, 3.63) is 78.1 Å². The van der Waals surface area contributed by atoms with Gasteiger partial charge >= 0.3 is 0 Å². The number of carbonyl (C=O) groups is 2. The minimum absolute atomic E-state index is 0.00615. The van der Waals surface area contributed by atoms with E-state index in [0.717, 1.165) is 0 Å². The second kappa shape index (κ2) is 10.2. The Hall–Kier alpha value is -3.48. The summed E-state index contributed by atoms with van der Waals surface area (Å²) in [5.41, 5.74) is 1.55. The number of imidazole rings is 1. The molecule has 7 heteroatoms. The largest absolute Gasteiger partial charge is 0.341 e. The van der Waals surface area contributed by atoms with E-state index >= 15 is 0 Å². The summed E-state index contributed by atoms with van der Waals surface area (Å²) in [7, 11) is 1.64. The number of nitrogens with one attached hydrogen (secondary N) is 1. The van der Waals surface area contributed by atoms with Gasteiger partial charge in [0.2, 0.25) is 0 Å². The number of anilines is 2. The first-order valence-corrected chi connectivity index (χ1v) is 9.45. The van der Waals surface area contributed by atoms with Crippen molar-refractivity contribution >= 4 is 23.2 Å². The normalized spacial score (nSPS) is 9.97. The standard InChI is InChI=1S/C20H19FN4O2.C2H6/c1-3-25(19(26)16-9-4-5-10-17(16)21)15-8-6-7-14(11-15)24(2)20(27)18-12-22-13-23-18;1-2/h4-13H,3H2,1-2H3,(H,22,23);1-2H3. The number of carbonyl (C=O) groups excluding carboxylic acids is 2. The zero-order valence-electron chi connectivity index (χ0n) is 17.0. The summed E-state index contributed by atoms with van der Waals surface area (Å²) in [5.74, 6) is -1.26. The maximum Gasteiger partial charge on any atom is 0.276 e. The van der Waals surface area contributed by atoms with Crippen LogP contribution in [0.15, 0.2) is 61.1 Å². The lowest BCUT2D eigenvalue weighted by Crippen LogP contribution is -2.32. The Labute approximate surface area is 170 Å². The van der Waals surface area contributed by atoms with E-state index in [0.29, 0.717) is 23.6 Å². The fraction of sp³-hybridized carbons (Fsp3) is 0.227. The average molecular weight is 396 g/mol. The second-order valence-corrected chi connectivity index (χ2v) is 5.88. The lowest BCUT2D eigenvalue weighted by atomic mass is 10.1. The molecule has 1 aromatic heterocycles. The molecule has 0 radical (unpaired) electrons. The molecule has 0 spiro atoms. The number of benzene rings is 2. The summed E-state index contributed by atoms with van der Waals surface area (Å²) in [6.45, 7) is 6.17. The van der Waals surface area contributed by atoms with Crippen molar-refractivity contribution in [2.24, 2.45) is 0 Å². The van der Waals surface area contributed by atoms with Crippen LogP contribution < -0.4 is 9.80 Å². The highest BCUT2D eigenvalue weighted by molar-refractivity contribution is 6.07. The summed E-state index contributed by atoms with van der Waals surface area (Å²) in [4.78, 5) is 34.8. The van der Waals surface area contributed by atoms with E-state index in [-0.39, 0.29) is 11.5 Å². The summed E-state index contributed by atoms with van der Waals surface area (Å²) in [6, 6.07) is 12.9. The van der Waals surface area contributed by atoms with E-state index in [4.69, 9.17) is 0 Å². The van der Waals surface area contributed by atoms with E-state index in [1.165, 1.54) is 34.5 Å². The van der Waals surface area contributed by atoms with Gasteiger partial charge in [-0.2, -0.15) is 0 Å². The van der Waals surface area contributed by atoms with Crippen LogP contribution in [0.25, 0.3) is 0 Å². The number of halogens is 1. The third kappa shape index (κ3) is 4.87. The van der Waals surface area contributed by atoms with Gasteiger partial charge in [-0.25, -0.2) is 9.37 Å². The molecule has 152 valence electrons. The predicted octanol–water partition coefficient (Wildman–Crippen LogP) is 4.52. The van der Waals surface area contributed by atoms with Gasteiger partial charge in [-0.05, 0) is 37.3 Å². The van der Waals surface area contributed by atoms with Crippen LogP contribution in [0.5, 0.6) is 0 Å². The highest BCUT2D eigenvalue weighted by atomic mass is 19.1. The molecule has 2 amide bonds. The number of rotatable bonds is 5. The molecule has 0 aliphatic heterocycles. The molecular weight excluding hydrogens is 371 g/mol. The van der Waals surface area contributed by atoms with Crippen LogP contribution in [0.4, 0.5) is 15.8 Å². The molecular formula is C22H25FN4O2. The third-order valence-corrected chi connectivity index (χ3v) is 4.23. The van der Waals surface area contributed by atoms with Crippen LogP contribution in [-0.4, -0.2) is 35.4 Å². The van der Waals surface area contributed by atoms with Gasteiger partial charge in [-0.1, -0.05) is 32.0 Å². The van der Waals surface area contributed by atoms with Crippen molar-refractivity contribution < 1.29 is 14.0 Å². The second-order valence-electron chi connectivity index (χ2n) is 5.88. The lowest BCUT2D eigenvalue weighted by molar-refractivity contribution is 0.0979. The van der Waals surface area contributed by atoms with Crippen molar-refractivity contribution in [3.8, 4) is 0 Å². The van der Waals surface area contributed by atoms with Crippen LogP contribution in [0.2, 0.25) is 0 Å². The van der Waals surface area contributed by atoms with Crippen molar-refractivity contribution in [2.75, 3.05) is 23.4 Å². The molecule has 0 aliphatic rings. The number of hydrogen-bond donors (Lipinski definition) is 1. The molecule has 1 heterocycles. The van der Waals surface area contributed by atoms with Crippen LogP contribution in [0, 0.1) is 5.82 Å². The molecule has 6 nitrogen and oxygen atoms in total. The molecule has 3 rings (SSSR count). The number of H-pyrrole nitrogens is 1. The molecule has 1 N–H and O–H groups in total. The van der Waals surface area contributed by atoms with E-state index in [9.17, 15) is 14.0 Å². The molecule has 29 heavy (non-hydrogen) atoms. The van der Waals surface area contributed by atoms with Gasteiger partial charge in [0.05, 0.1) is 18.1 Å². The van der Waals surface area contributed by atoms with Crippen LogP contribution in [0.1, 0.15) is 41.6 Å². The molecule has 0 aliphatic carbocycles. The third-order valence-electron chi connectivity index (χ3n) is 4.23. The number of amides is 2. The fourth-order valence-corrected chi connectivity index (χ4v) is 2.76. The SMILES string of the molecule is CC.CCN(C(=O)c1ccccc1F)c1cccc(N(C)C(=O)c2cnc[nH]2)c1. The lowest BCUT2D eigenvalue weighted by Gasteiger charge is -2.24. The van der Waals surface area contributed by atoms with Gasteiger partial charge in [-0.3, -0.25) is 9.59 Å². The van der Waals surface area contributed by atoms with Crippen molar-refractivity contribution in [1.29, 1.82) is 0 Å². The Balaban J connectivity index is 0.00000145. The van der Waals surface area contributed by atoms with Crippen LogP contribution in [-0.2, 0) is 0 Å². The Morgan fingerprint density at radius 1 is 1.03 bits per heavy atom. The summed E-state index contributed by atoms with van der Waals surface area (Å²) in [6.07, 6.45) is 2.88. The van der Waals surface area contributed by atoms with E-state index in [2.05, 4.69) is 9.97 Å². The van der Waals surface area contributed by atoms with Gasteiger partial charge in [0.25, 0.3) is 11.8 Å². The van der Waals surface area contributed by atoms with Gasteiger partial charge in [0.15, 0.2) is 0 Å². The van der Waals surface area contributed by atoms with E-state index in [1.54, 1.807) is 43.4 Å². The predicted molar refractivity (Wildman–Crippen MR) is 113 cm³/mol. The van der Waals surface area contributed by atoms with E-state index in [1.807, 2.05) is 20.8 Å². The first kappa shape index (κ1) is 21.8. The molecule has 0 atom stereocenters. The van der Waals surface area contributed by atoms with Gasteiger partial charge in [-0.15, -0.1) is 0 Å². The summed E-state index contributed by atoms with van der Waals surface area (Å²) < 4.78 is 14.0. The van der Waals surface area contributed by atoms with Crippen molar-refractivity contribution in [3.63, 3.8) is 0 Å². The molecule has 0 fully saturated rings. The molecule has 2 aromatic carbocycles.